The van der Waals surface area contributed by atoms with Crippen molar-refractivity contribution in [1.82, 2.24) is 4.90 Å². The average Bonchev–Trinajstić information content (AvgIpc) is 3.40. The lowest BCUT2D eigenvalue weighted by molar-refractivity contribution is 0.0733. The second-order valence-electron chi connectivity index (χ2n) is 6.18. The second kappa shape index (κ2) is 9.57. The van der Waals surface area contributed by atoms with Crippen molar-refractivity contribution < 1.29 is 14.3 Å². The average molecular weight is 414 g/mol. The van der Waals surface area contributed by atoms with E-state index in [1.165, 1.54) is 0 Å². The Bertz CT molecular complexity index is 881. The first-order chi connectivity index (χ1) is 13.7. The Morgan fingerprint density at radius 3 is 2.18 bits per heavy atom. The topological polar surface area (TPSA) is 38.8 Å². The minimum absolute atomic E-state index is 0.0342. The van der Waals surface area contributed by atoms with Gasteiger partial charge in [0.15, 0.2) is 11.5 Å². The first kappa shape index (κ1) is 20.2. The summed E-state index contributed by atoms with van der Waals surface area (Å²) in [4.78, 5) is 17.6. The zero-order valence-corrected chi connectivity index (χ0v) is 17.6. The smallest absolute Gasteiger partial charge is 0.254 e. The molecule has 3 aromatic rings. The van der Waals surface area contributed by atoms with E-state index in [1.807, 2.05) is 33.9 Å². The van der Waals surface area contributed by atoms with Gasteiger partial charge < -0.3 is 14.4 Å². The zero-order valence-electron chi connectivity index (χ0n) is 16.0. The molecule has 1 aromatic carbocycles. The molecule has 0 saturated carbocycles. The van der Waals surface area contributed by atoms with Crippen molar-refractivity contribution in [2.24, 2.45) is 0 Å². The number of carbonyl (C=O) groups excluding carboxylic acids is 1. The highest BCUT2D eigenvalue weighted by Crippen LogP contribution is 2.34. The molecule has 0 N–H and O–H groups in total. The Balaban J connectivity index is 1.96. The lowest BCUT2D eigenvalue weighted by Gasteiger charge is -2.23. The third kappa shape index (κ3) is 4.64. The standard InChI is InChI=1S/C22H23NO3S2/c1-4-7-16-12-17(13-20(25-2)21(16)26-3)22(24)23(14-18-8-5-10-27-18)15-19-9-6-11-28-19/h4-6,8-13H,1,7,14-15H2,2-3H3. The fourth-order valence-electron chi connectivity index (χ4n) is 3.04. The van der Waals surface area contributed by atoms with Crippen molar-refractivity contribution in [2.45, 2.75) is 19.5 Å². The fraction of sp³-hybridized carbons (Fsp3) is 0.227. The number of nitrogens with zero attached hydrogens (tertiary/aromatic N) is 1. The summed E-state index contributed by atoms with van der Waals surface area (Å²) in [5.74, 6) is 1.16. The molecule has 0 bridgehead atoms. The molecule has 6 heteroatoms. The number of thiophene rings is 2. The predicted octanol–water partition coefficient (Wildman–Crippen LogP) is 5.40. The van der Waals surface area contributed by atoms with Crippen molar-refractivity contribution in [3.8, 4) is 11.5 Å². The Hall–Kier alpha value is -2.57. The van der Waals surface area contributed by atoms with Crippen LogP contribution in [0.2, 0.25) is 0 Å². The van der Waals surface area contributed by atoms with Gasteiger partial charge in [-0.25, -0.2) is 0 Å². The molecule has 3 rings (SSSR count). The van der Waals surface area contributed by atoms with Crippen molar-refractivity contribution >= 4 is 28.6 Å². The van der Waals surface area contributed by atoms with Gasteiger partial charge in [-0.2, -0.15) is 0 Å². The van der Waals surface area contributed by atoms with Gasteiger partial charge in [0, 0.05) is 20.9 Å². The highest BCUT2D eigenvalue weighted by Gasteiger charge is 2.21. The Labute approximate surface area is 173 Å². The van der Waals surface area contributed by atoms with E-state index in [0.29, 0.717) is 36.6 Å². The highest BCUT2D eigenvalue weighted by atomic mass is 32.1. The second-order valence-corrected chi connectivity index (χ2v) is 8.25. The van der Waals surface area contributed by atoms with Crippen LogP contribution in [0.25, 0.3) is 0 Å². The molecule has 28 heavy (non-hydrogen) atoms. The van der Waals surface area contributed by atoms with E-state index in [1.54, 1.807) is 49.0 Å². The number of amides is 1. The van der Waals surface area contributed by atoms with Crippen LogP contribution in [0.4, 0.5) is 0 Å². The van der Waals surface area contributed by atoms with Crippen LogP contribution >= 0.6 is 22.7 Å². The normalized spacial score (nSPS) is 10.5. The number of methoxy groups -OCH3 is 2. The van der Waals surface area contributed by atoms with Gasteiger partial charge in [-0.1, -0.05) is 18.2 Å². The summed E-state index contributed by atoms with van der Waals surface area (Å²) in [5, 5.41) is 4.06. The van der Waals surface area contributed by atoms with Gasteiger partial charge in [0.05, 0.1) is 27.3 Å². The number of hydrogen-bond donors (Lipinski definition) is 0. The van der Waals surface area contributed by atoms with Gasteiger partial charge >= 0.3 is 0 Å². The van der Waals surface area contributed by atoms with Gasteiger partial charge in [-0.15, -0.1) is 29.3 Å². The van der Waals surface area contributed by atoms with Gasteiger partial charge in [-0.3, -0.25) is 4.79 Å². The van der Waals surface area contributed by atoms with Crippen molar-refractivity contribution in [3.63, 3.8) is 0 Å². The molecule has 0 aliphatic carbocycles. The van der Waals surface area contributed by atoms with E-state index in [2.05, 4.69) is 18.7 Å². The zero-order chi connectivity index (χ0) is 19.9. The quantitative estimate of drug-likeness (QED) is 0.441. The number of rotatable bonds is 9. The maximum Gasteiger partial charge on any atom is 0.254 e. The summed E-state index contributed by atoms with van der Waals surface area (Å²) in [6.07, 6.45) is 2.39. The molecule has 0 radical (unpaired) electrons. The van der Waals surface area contributed by atoms with E-state index >= 15 is 0 Å². The molecule has 0 spiro atoms. The van der Waals surface area contributed by atoms with Crippen LogP contribution in [0.1, 0.15) is 25.7 Å². The van der Waals surface area contributed by atoms with Crippen LogP contribution < -0.4 is 9.47 Å². The van der Waals surface area contributed by atoms with Gasteiger partial charge in [-0.05, 0) is 41.4 Å². The molecule has 0 saturated heterocycles. The van der Waals surface area contributed by atoms with Crippen molar-refractivity contribution in [2.75, 3.05) is 14.2 Å². The number of allylic oxidation sites excluding steroid dienone is 1. The lowest BCUT2D eigenvalue weighted by Crippen LogP contribution is -2.29. The molecular weight excluding hydrogens is 390 g/mol. The fourth-order valence-corrected chi connectivity index (χ4v) is 4.48. The molecular formula is C22H23NO3S2. The van der Waals surface area contributed by atoms with Crippen LogP contribution in [0.3, 0.4) is 0 Å². The Morgan fingerprint density at radius 2 is 1.71 bits per heavy atom. The highest BCUT2D eigenvalue weighted by molar-refractivity contribution is 7.10. The van der Waals surface area contributed by atoms with E-state index in [-0.39, 0.29) is 5.91 Å². The third-order valence-electron chi connectivity index (χ3n) is 4.31. The minimum atomic E-state index is -0.0342. The Kier molecular flexibility index (Phi) is 6.90. The van der Waals surface area contributed by atoms with Crippen LogP contribution in [-0.4, -0.2) is 25.0 Å². The van der Waals surface area contributed by atoms with E-state index in [9.17, 15) is 4.79 Å². The largest absolute Gasteiger partial charge is 0.493 e. The van der Waals surface area contributed by atoms with Crippen LogP contribution in [0.15, 0.2) is 59.8 Å². The van der Waals surface area contributed by atoms with Gasteiger partial charge in [0.1, 0.15) is 0 Å². The van der Waals surface area contributed by atoms with E-state index in [0.717, 1.165) is 15.3 Å². The predicted molar refractivity (Wildman–Crippen MR) is 116 cm³/mol. The van der Waals surface area contributed by atoms with Crippen molar-refractivity contribution in [1.29, 1.82) is 0 Å². The molecule has 2 aromatic heterocycles. The first-order valence-corrected chi connectivity index (χ1v) is 10.6. The first-order valence-electron chi connectivity index (χ1n) is 8.86. The van der Waals surface area contributed by atoms with Crippen LogP contribution in [-0.2, 0) is 19.5 Å². The Morgan fingerprint density at radius 1 is 1.07 bits per heavy atom. The lowest BCUT2D eigenvalue weighted by atomic mass is 10.0. The van der Waals surface area contributed by atoms with Crippen LogP contribution in [0, 0.1) is 0 Å². The number of benzene rings is 1. The van der Waals surface area contributed by atoms with Crippen LogP contribution in [0.5, 0.6) is 11.5 Å². The molecule has 1 amide bonds. The number of hydrogen-bond acceptors (Lipinski definition) is 5. The molecule has 146 valence electrons. The number of carbonyl (C=O) groups is 1. The summed E-state index contributed by atoms with van der Waals surface area (Å²) >= 11 is 3.31. The summed E-state index contributed by atoms with van der Waals surface area (Å²) in [6, 6.07) is 11.7. The molecule has 0 aliphatic heterocycles. The monoisotopic (exact) mass is 413 g/mol. The number of ether oxygens (including phenoxy) is 2. The SMILES string of the molecule is C=CCc1cc(C(=O)N(Cc2cccs2)Cc2cccs2)cc(OC)c1OC. The van der Waals surface area contributed by atoms with E-state index < -0.39 is 0 Å². The van der Waals surface area contributed by atoms with Gasteiger partial charge in [0.25, 0.3) is 5.91 Å². The third-order valence-corrected chi connectivity index (χ3v) is 6.03. The molecule has 0 unspecified atom stereocenters. The molecule has 2 heterocycles. The minimum Gasteiger partial charge on any atom is -0.493 e. The van der Waals surface area contributed by atoms with Crippen molar-refractivity contribution in [3.05, 3.63) is 80.7 Å². The molecule has 0 atom stereocenters. The van der Waals surface area contributed by atoms with Gasteiger partial charge in [0.2, 0.25) is 0 Å². The maximum absolute atomic E-state index is 13.4. The molecule has 0 aliphatic rings. The molecule has 0 fully saturated rings. The summed E-state index contributed by atoms with van der Waals surface area (Å²) < 4.78 is 11.0. The summed E-state index contributed by atoms with van der Waals surface area (Å²) in [5.41, 5.74) is 1.47. The maximum atomic E-state index is 13.4. The molecule has 4 nitrogen and oxygen atoms in total. The summed E-state index contributed by atoms with van der Waals surface area (Å²) in [7, 11) is 3.19. The summed E-state index contributed by atoms with van der Waals surface area (Å²) in [6.45, 7) is 4.95. The van der Waals surface area contributed by atoms with E-state index in [4.69, 9.17) is 9.47 Å².